The first-order chi connectivity index (χ1) is 12.0. The average Bonchev–Trinajstić information content (AvgIpc) is 2.62. The Balaban J connectivity index is 1.79. The monoisotopic (exact) mass is 407 g/mol. The van der Waals surface area contributed by atoms with Crippen molar-refractivity contribution in [2.75, 3.05) is 20.3 Å². The third-order valence-electron chi connectivity index (χ3n) is 3.42. The molecule has 25 heavy (non-hydrogen) atoms. The van der Waals surface area contributed by atoms with Gasteiger partial charge in [-0.05, 0) is 36.2 Å². The molecule has 0 spiro atoms. The largest absolute Gasteiger partial charge is 0.507 e. The molecule has 1 amide bonds. The van der Waals surface area contributed by atoms with E-state index in [9.17, 15) is 14.7 Å². The lowest BCUT2D eigenvalue weighted by atomic mass is 10.1. The molecule has 0 atom stereocenters. The minimum atomic E-state index is -0.765. The maximum Gasteiger partial charge on any atom is 0.342 e. The van der Waals surface area contributed by atoms with Crippen LogP contribution in [0.5, 0.6) is 11.5 Å². The van der Waals surface area contributed by atoms with Crippen molar-refractivity contribution in [3.8, 4) is 11.5 Å². The first kappa shape index (κ1) is 18.8. The Bertz CT molecular complexity index is 763. The molecule has 0 heterocycles. The Morgan fingerprint density at radius 2 is 1.96 bits per heavy atom. The number of para-hydroxylation sites is 1. The number of methoxy groups -OCH3 is 1. The van der Waals surface area contributed by atoms with E-state index in [0.29, 0.717) is 17.4 Å². The van der Waals surface area contributed by atoms with Crippen molar-refractivity contribution in [3.05, 3.63) is 58.1 Å². The van der Waals surface area contributed by atoms with Crippen LogP contribution in [0.15, 0.2) is 46.9 Å². The van der Waals surface area contributed by atoms with E-state index >= 15 is 0 Å². The fraction of sp³-hybridized carbons (Fsp3) is 0.222. The van der Waals surface area contributed by atoms with Crippen molar-refractivity contribution in [2.24, 2.45) is 0 Å². The van der Waals surface area contributed by atoms with E-state index in [0.717, 1.165) is 11.3 Å². The minimum Gasteiger partial charge on any atom is -0.507 e. The molecule has 0 radical (unpaired) electrons. The van der Waals surface area contributed by atoms with Gasteiger partial charge in [-0.3, -0.25) is 4.79 Å². The number of halogens is 1. The summed E-state index contributed by atoms with van der Waals surface area (Å²) >= 11 is 3.20. The summed E-state index contributed by atoms with van der Waals surface area (Å²) in [5.74, 6) is -0.630. The number of ether oxygens (including phenoxy) is 2. The maximum absolute atomic E-state index is 11.9. The number of phenols is 1. The molecule has 0 saturated heterocycles. The van der Waals surface area contributed by atoms with Gasteiger partial charge in [-0.25, -0.2) is 4.79 Å². The molecule has 0 aliphatic rings. The molecule has 7 heteroatoms. The van der Waals surface area contributed by atoms with Crippen molar-refractivity contribution >= 4 is 27.8 Å². The molecular formula is C18H18BrNO5. The summed E-state index contributed by atoms with van der Waals surface area (Å²) in [6.07, 6.45) is 0.593. The van der Waals surface area contributed by atoms with Gasteiger partial charge < -0.3 is 19.9 Å². The predicted octanol–water partition coefficient (Wildman–Crippen LogP) is 2.68. The zero-order valence-electron chi connectivity index (χ0n) is 13.6. The number of carbonyl (C=O) groups excluding carboxylic acids is 2. The molecule has 2 aromatic carbocycles. The zero-order chi connectivity index (χ0) is 18.2. The van der Waals surface area contributed by atoms with Gasteiger partial charge in [0.15, 0.2) is 6.61 Å². The van der Waals surface area contributed by atoms with Gasteiger partial charge in [-0.2, -0.15) is 0 Å². The summed E-state index contributed by atoms with van der Waals surface area (Å²) in [7, 11) is 1.59. The van der Waals surface area contributed by atoms with Gasteiger partial charge in [0.05, 0.1) is 7.11 Å². The zero-order valence-corrected chi connectivity index (χ0v) is 15.2. The summed E-state index contributed by atoms with van der Waals surface area (Å²) in [6, 6.07) is 11.9. The third-order valence-corrected chi connectivity index (χ3v) is 3.92. The number of carbonyl (C=O) groups is 2. The van der Waals surface area contributed by atoms with E-state index in [1.54, 1.807) is 13.2 Å². The molecule has 132 valence electrons. The molecule has 2 N–H and O–H groups in total. The van der Waals surface area contributed by atoms with Gasteiger partial charge in [0.2, 0.25) is 0 Å². The second-order valence-corrected chi connectivity index (χ2v) is 6.07. The highest BCUT2D eigenvalue weighted by atomic mass is 79.9. The molecule has 0 bridgehead atoms. The van der Waals surface area contributed by atoms with Crippen molar-refractivity contribution in [1.29, 1.82) is 0 Å². The van der Waals surface area contributed by atoms with E-state index < -0.39 is 18.5 Å². The number of rotatable bonds is 7. The average molecular weight is 408 g/mol. The fourth-order valence-corrected chi connectivity index (χ4v) is 2.54. The van der Waals surface area contributed by atoms with Gasteiger partial charge in [-0.1, -0.05) is 34.1 Å². The number of amides is 1. The quantitative estimate of drug-likeness (QED) is 0.689. The van der Waals surface area contributed by atoms with Gasteiger partial charge in [0.1, 0.15) is 17.1 Å². The first-order valence-corrected chi connectivity index (χ1v) is 8.35. The van der Waals surface area contributed by atoms with Crippen LogP contribution in [0, 0.1) is 0 Å². The summed E-state index contributed by atoms with van der Waals surface area (Å²) in [5, 5.41) is 12.3. The lowest BCUT2D eigenvalue weighted by Crippen LogP contribution is -2.30. The van der Waals surface area contributed by atoms with E-state index in [2.05, 4.69) is 21.2 Å². The second-order valence-electron chi connectivity index (χ2n) is 5.15. The highest BCUT2D eigenvalue weighted by Gasteiger charge is 2.14. The molecule has 2 rings (SSSR count). The van der Waals surface area contributed by atoms with E-state index in [-0.39, 0.29) is 11.3 Å². The number of aromatic hydroxyl groups is 1. The van der Waals surface area contributed by atoms with Crippen LogP contribution in [-0.2, 0) is 16.0 Å². The van der Waals surface area contributed by atoms with Crippen LogP contribution in [0.25, 0.3) is 0 Å². The fourth-order valence-electron chi connectivity index (χ4n) is 2.18. The number of phenolic OH excluding ortho intramolecular Hbond substituents is 1. The molecular weight excluding hydrogens is 390 g/mol. The lowest BCUT2D eigenvalue weighted by molar-refractivity contribution is -0.124. The lowest BCUT2D eigenvalue weighted by Gasteiger charge is -2.10. The number of benzene rings is 2. The summed E-state index contributed by atoms with van der Waals surface area (Å²) in [5.41, 5.74) is 0.970. The normalized spacial score (nSPS) is 10.2. The van der Waals surface area contributed by atoms with Crippen LogP contribution in [0.1, 0.15) is 15.9 Å². The summed E-state index contributed by atoms with van der Waals surface area (Å²) < 4.78 is 10.8. The number of nitrogens with one attached hydrogen (secondary N) is 1. The highest BCUT2D eigenvalue weighted by Crippen LogP contribution is 2.22. The second kappa shape index (κ2) is 9.08. The molecule has 0 aromatic heterocycles. The van der Waals surface area contributed by atoms with Gasteiger partial charge in [0.25, 0.3) is 5.91 Å². The van der Waals surface area contributed by atoms with E-state index in [4.69, 9.17) is 9.47 Å². The smallest absolute Gasteiger partial charge is 0.342 e. The van der Waals surface area contributed by atoms with Crippen molar-refractivity contribution < 1.29 is 24.2 Å². The standard InChI is InChI=1S/C18H18BrNO5/c1-24-16-5-3-2-4-12(16)8-9-20-17(22)11-25-18(23)14-10-13(19)6-7-15(14)21/h2-7,10,21H,8-9,11H2,1H3,(H,20,22). The van der Waals surface area contributed by atoms with E-state index in [1.165, 1.54) is 12.1 Å². The van der Waals surface area contributed by atoms with Crippen molar-refractivity contribution in [2.45, 2.75) is 6.42 Å². The van der Waals surface area contributed by atoms with Crippen LogP contribution in [-0.4, -0.2) is 37.2 Å². The number of hydrogen-bond acceptors (Lipinski definition) is 5. The number of hydrogen-bond donors (Lipinski definition) is 2. The first-order valence-electron chi connectivity index (χ1n) is 7.55. The van der Waals surface area contributed by atoms with Crippen LogP contribution in [0.2, 0.25) is 0 Å². The van der Waals surface area contributed by atoms with Crippen LogP contribution in [0.4, 0.5) is 0 Å². The Morgan fingerprint density at radius 3 is 2.72 bits per heavy atom. The molecule has 6 nitrogen and oxygen atoms in total. The molecule has 0 aliphatic heterocycles. The molecule has 0 fully saturated rings. The third kappa shape index (κ3) is 5.49. The maximum atomic E-state index is 11.9. The molecule has 0 unspecified atom stereocenters. The topological polar surface area (TPSA) is 84.9 Å². The van der Waals surface area contributed by atoms with Gasteiger partial charge >= 0.3 is 5.97 Å². The summed E-state index contributed by atoms with van der Waals surface area (Å²) in [6.45, 7) is -0.0321. The van der Waals surface area contributed by atoms with E-state index in [1.807, 2.05) is 24.3 Å². The van der Waals surface area contributed by atoms with Gasteiger partial charge in [-0.15, -0.1) is 0 Å². The Hall–Kier alpha value is -2.54. The van der Waals surface area contributed by atoms with Gasteiger partial charge in [0, 0.05) is 11.0 Å². The molecule has 0 saturated carbocycles. The summed E-state index contributed by atoms with van der Waals surface area (Å²) in [4.78, 5) is 23.7. The van der Waals surface area contributed by atoms with Crippen LogP contribution < -0.4 is 10.1 Å². The Morgan fingerprint density at radius 1 is 1.20 bits per heavy atom. The van der Waals surface area contributed by atoms with Crippen LogP contribution in [0.3, 0.4) is 0 Å². The SMILES string of the molecule is COc1ccccc1CCNC(=O)COC(=O)c1cc(Br)ccc1O. The van der Waals surface area contributed by atoms with Crippen LogP contribution >= 0.6 is 15.9 Å². The Kier molecular flexibility index (Phi) is 6.82. The van der Waals surface area contributed by atoms with Crippen molar-refractivity contribution in [3.63, 3.8) is 0 Å². The van der Waals surface area contributed by atoms with Crippen molar-refractivity contribution in [1.82, 2.24) is 5.32 Å². The highest BCUT2D eigenvalue weighted by molar-refractivity contribution is 9.10. The molecule has 0 aliphatic carbocycles. The predicted molar refractivity (Wildman–Crippen MR) is 95.8 cm³/mol. The Labute approximate surface area is 153 Å². The minimum absolute atomic E-state index is 0.00352. The number of esters is 1. The molecule has 2 aromatic rings.